The van der Waals surface area contributed by atoms with E-state index in [0.717, 1.165) is 0 Å². The van der Waals surface area contributed by atoms with Gasteiger partial charge in [-0.2, -0.15) is 0 Å². The first-order valence-corrected chi connectivity index (χ1v) is 5.02. The molecule has 0 aromatic rings. The average Bonchev–Trinajstić information content (AvgIpc) is 2.27. The molecule has 0 aromatic heterocycles. The van der Waals surface area contributed by atoms with Gasteiger partial charge < -0.3 is 9.47 Å². The van der Waals surface area contributed by atoms with Gasteiger partial charge in [0.15, 0.2) is 0 Å². The van der Waals surface area contributed by atoms with Crippen LogP contribution in [0.1, 0.15) is 12.8 Å². The van der Waals surface area contributed by atoms with Crippen molar-refractivity contribution in [3.05, 3.63) is 50.6 Å². The number of hydrogen-bond donors (Lipinski definition) is 0. The Kier molecular flexibility index (Phi) is 7.59. The summed E-state index contributed by atoms with van der Waals surface area (Å²) in [5.74, 6) is 0. The quantitative estimate of drug-likeness (QED) is 0.466. The summed E-state index contributed by atoms with van der Waals surface area (Å²) >= 11 is 0. The van der Waals surface area contributed by atoms with Crippen LogP contribution in [0.25, 0.3) is 0 Å². The van der Waals surface area contributed by atoms with Crippen molar-refractivity contribution in [1.29, 1.82) is 0 Å². The molecule has 88 valence electrons. The van der Waals surface area contributed by atoms with Gasteiger partial charge in [-0.15, -0.1) is 13.2 Å². The molecular weight excluding hydrogens is 204 g/mol. The molecule has 3 heteroatoms. The summed E-state index contributed by atoms with van der Waals surface area (Å²) in [7, 11) is 0. The van der Waals surface area contributed by atoms with Crippen molar-refractivity contribution < 1.29 is 14.3 Å². The molecule has 0 fully saturated rings. The highest BCUT2D eigenvalue weighted by atomic mass is 16.7. The minimum atomic E-state index is -0.738. The summed E-state index contributed by atoms with van der Waals surface area (Å²) in [6.45, 7) is 14.2. The molecule has 0 heterocycles. The second-order valence-electron chi connectivity index (χ2n) is 3.08. The Morgan fingerprint density at radius 1 is 0.938 bits per heavy atom. The van der Waals surface area contributed by atoms with Crippen LogP contribution in [0.15, 0.2) is 50.6 Å². The lowest BCUT2D eigenvalue weighted by Crippen LogP contribution is -2.21. The molecule has 0 saturated heterocycles. The van der Waals surface area contributed by atoms with Crippen LogP contribution in [0.3, 0.4) is 0 Å². The number of carbonyl (C=O) groups excluding carboxylic acids is 1. The molecule has 0 amide bonds. The second-order valence-corrected chi connectivity index (χ2v) is 3.08. The molecule has 0 aliphatic rings. The third-order valence-electron chi connectivity index (χ3n) is 1.82. The molecule has 0 N–H and O–H groups in total. The molecule has 0 aliphatic carbocycles. The monoisotopic (exact) mass is 222 g/mol. The summed E-state index contributed by atoms with van der Waals surface area (Å²) in [5.41, 5.74) is 0. The highest BCUT2D eigenvalue weighted by molar-refractivity contribution is 5.60. The maximum absolute atomic E-state index is 11.3. The Labute approximate surface area is 96.7 Å². The van der Waals surface area contributed by atoms with Crippen molar-refractivity contribution in [2.75, 3.05) is 0 Å². The highest BCUT2D eigenvalue weighted by Crippen LogP contribution is 2.07. The SMILES string of the molecule is C=CCC(C=C)OC(=O)OC(C=C)CC=C. The fourth-order valence-corrected chi connectivity index (χ4v) is 0.988. The second kappa shape index (κ2) is 8.53. The van der Waals surface area contributed by atoms with Crippen LogP contribution in [0.4, 0.5) is 4.79 Å². The van der Waals surface area contributed by atoms with Crippen molar-refractivity contribution in [1.82, 2.24) is 0 Å². The van der Waals surface area contributed by atoms with Crippen molar-refractivity contribution in [2.24, 2.45) is 0 Å². The topological polar surface area (TPSA) is 35.5 Å². The Morgan fingerprint density at radius 2 is 1.31 bits per heavy atom. The van der Waals surface area contributed by atoms with Crippen molar-refractivity contribution >= 4 is 6.16 Å². The minimum absolute atomic E-state index is 0.404. The van der Waals surface area contributed by atoms with Crippen LogP contribution in [-0.2, 0) is 9.47 Å². The largest absolute Gasteiger partial charge is 0.509 e. The van der Waals surface area contributed by atoms with E-state index in [-0.39, 0.29) is 0 Å². The summed E-state index contributed by atoms with van der Waals surface area (Å²) in [5, 5.41) is 0. The average molecular weight is 222 g/mol. The van der Waals surface area contributed by atoms with E-state index < -0.39 is 18.4 Å². The molecule has 2 atom stereocenters. The number of carbonyl (C=O) groups is 1. The predicted octanol–water partition coefficient (Wildman–Crippen LogP) is 3.40. The first-order chi connectivity index (χ1) is 7.67. The Hall–Kier alpha value is -1.77. The zero-order valence-corrected chi connectivity index (χ0v) is 9.43. The molecule has 16 heavy (non-hydrogen) atoms. The Balaban J connectivity index is 4.12. The molecule has 0 aliphatic heterocycles. The Morgan fingerprint density at radius 3 is 1.56 bits per heavy atom. The lowest BCUT2D eigenvalue weighted by molar-refractivity contribution is 0.0229. The summed E-state index contributed by atoms with van der Waals surface area (Å²) in [6, 6.07) is 0. The van der Waals surface area contributed by atoms with Crippen LogP contribution < -0.4 is 0 Å². The van der Waals surface area contributed by atoms with E-state index >= 15 is 0 Å². The lowest BCUT2D eigenvalue weighted by Gasteiger charge is -2.15. The summed E-state index contributed by atoms with van der Waals surface area (Å²) in [6.07, 6.45) is 5.83. The van der Waals surface area contributed by atoms with Gasteiger partial charge in [0.1, 0.15) is 12.2 Å². The van der Waals surface area contributed by atoms with E-state index in [1.54, 1.807) is 12.2 Å². The van der Waals surface area contributed by atoms with Crippen molar-refractivity contribution in [2.45, 2.75) is 25.0 Å². The van der Waals surface area contributed by atoms with E-state index in [0.29, 0.717) is 12.8 Å². The van der Waals surface area contributed by atoms with E-state index in [9.17, 15) is 4.79 Å². The standard InChI is InChI=1S/C13H18O3/c1-5-9-11(7-3)15-13(14)16-12(8-4)10-6-2/h5-8,11-12H,1-4,9-10H2. The summed E-state index contributed by atoms with van der Waals surface area (Å²) < 4.78 is 9.97. The van der Waals surface area contributed by atoms with Gasteiger partial charge in [-0.1, -0.05) is 37.5 Å². The molecular formula is C13H18O3. The maximum atomic E-state index is 11.3. The smallest absolute Gasteiger partial charge is 0.426 e. The molecule has 0 rings (SSSR count). The fraction of sp³-hybridized carbons (Fsp3) is 0.308. The first-order valence-electron chi connectivity index (χ1n) is 5.02. The van der Waals surface area contributed by atoms with Crippen molar-refractivity contribution in [3.8, 4) is 0 Å². The van der Waals surface area contributed by atoms with Gasteiger partial charge in [0.05, 0.1) is 0 Å². The van der Waals surface area contributed by atoms with Crippen LogP contribution in [0.5, 0.6) is 0 Å². The van der Waals surface area contributed by atoms with E-state index in [1.165, 1.54) is 12.2 Å². The van der Waals surface area contributed by atoms with Gasteiger partial charge >= 0.3 is 6.16 Å². The van der Waals surface area contributed by atoms with Gasteiger partial charge in [-0.3, -0.25) is 0 Å². The van der Waals surface area contributed by atoms with Crippen LogP contribution in [-0.4, -0.2) is 18.4 Å². The maximum Gasteiger partial charge on any atom is 0.509 e. The molecule has 3 nitrogen and oxygen atoms in total. The normalized spacial score (nSPS) is 13.0. The van der Waals surface area contributed by atoms with E-state index in [1.807, 2.05) is 0 Å². The summed E-state index contributed by atoms with van der Waals surface area (Å²) in [4.78, 5) is 11.3. The molecule has 0 aromatic carbocycles. The minimum Gasteiger partial charge on any atom is -0.426 e. The molecule has 0 spiro atoms. The van der Waals surface area contributed by atoms with Gasteiger partial charge in [0.25, 0.3) is 0 Å². The van der Waals surface area contributed by atoms with Gasteiger partial charge in [0.2, 0.25) is 0 Å². The number of ether oxygens (including phenoxy) is 2. The molecule has 0 radical (unpaired) electrons. The molecule has 2 unspecified atom stereocenters. The lowest BCUT2D eigenvalue weighted by atomic mass is 10.2. The Bertz CT molecular complexity index is 242. The number of rotatable bonds is 8. The number of hydrogen-bond acceptors (Lipinski definition) is 3. The zero-order valence-electron chi connectivity index (χ0n) is 9.43. The van der Waals surface area contributed by atoms with Gasteiger partial charge in [-0.25, -0.2) is 4.79 Å². The highest BCUT2D eigenvalue weighted by Gasteiger charge is 2.14. The molecule has 0 saturated carbocycles. The predicted molar refractivity (Wildman–Crippen MR) is 65.2 cm³/mol. The van der Waals surface area contributed by atoms with Crippen molar-refractivity contribution in [3.63, 3.8) is 0 Å². The van der Waals surface area contributed by atoms with Crippen LogP contribution >= 0.6 is 0 Å². The molecule has 0 bridgehead atoms. The van der Waals surface area contributed by atoms with Crippen LogP contribution in [0, 0.1) is 0 Å². The van der Waals surface area contributed by atoms with Gasteiger partial charge in [0, 0.05) is 12.8 Å². The zero-order chi connectivity index (χ0) is 12.4. The van der Waals surface area contributed by atoms with Gasteiger partial charge in [-0.05, 0) is 0 Å². The third kappa shape index (κ3) is 5.86. The van der Waals surface area contributed by atoms with Crippen LogP contribution in [0.2, 0.25) is 0 Å². The first kappa shape index (κ1) is 14.2. The van der Waals surface area contributed by atoms with E-state index in [2.05, 4.69) is 26.3 Å². The van der Waals surface area contributed by atoms with E-state index in [4.69, 9.17) is 9.47 Å². The third-order valence-corrected chi connectivity index (χ3v) is 1.82. The fourth-order valence-electron chi connectivity index (χ4n) is 0.988.